The van der Waals surface area contributed by atoms with E-state index < -0.39 is 0 Å². The van der Waals surface area contributed by atoms with Crippen molar-refractivity contribution in [3.05, 3.63) is 59.7 Å². The van der Waals surface area contributed by atoms with E-state index >= 15 is 0 Å². The molecule has 11 heteroatoms. The topological polar surface area (TPSA) is 111 Å². The quantitative estimate of drug-likeness (QED) is 0.124. The van der Waals surface area contributed by atoms with Crippen LogP contribution in [0, 0.1) is 6.92 Å². The minimum absolute atomic E-state index is 0.0693. The summed E-state index contributed by atoms with van der Waals surface area (Å²) in [7, 11) is 0. The first kappa shape index (κ1) is 31.4. The molecule has 0 spiro atoms. The summed E-state index contributed by atoms with van der Waals surface area (Å²) in [5, 5.41) is 10.7. The number of amides is 2. The van der Waals surface area contributed by atoms with Crippen LogP contribution < -0.4 is 0 Å². The molecule has 1 saturated heterocycles. The largest absolute Gasteiger partial charge is 0.466 e. The molecule has 2 amide bonds. The zero-order chi connectivity index (χ0) is 31.1. The number of carbonyl (C=O) groups is 3. The van der Waals surface area contributed by atoms with E-state index in [1.54, 1.807) is 23.6 Å². The van der Waals surface area contributed by atoms with Crippen molar-refractivity contribution in [2.75, 3.05) is 32.0 Å². The van der Waals surface area contributed by atoms with E-state index in [0.717, 1.165) is 40.7 Å². The number of carbonyl (C=O) groups excluding carboxylic acids is 3. The van der Waals surface area contributed by atoms with E-state index in [2.05, 4.69) is 52.0 Å². The second kappa shape index (κ2) is 14.7. The monoisotopic (exact) mass is 616 g/mol. The number of rotatable bonds is 12. The number of piperazine rings is 1. The van der Waals surface area contributed by atoms with E-state index in [4.69, 9.17) is 9.72 Å². The van der Waals surface area contributed by atoms with Gasteiger partial charge < -0.3 is 19.1 Å². The molecule has 0 bridgehead atoms. The Labute approximate surface area is 262 Å². The smallest absolute Gasteiger partial charge is 0.306 e. The molecule has 0 radical (unpaired) electrons. The van der Waals surface area contributed by atoms with Crippen molar-refractivity contribution in [2.24, 2.45) is 0 Å². The number of ether oxygens (including phenoxy) is 1. The average molecular weight is 617 g/mol. The van der Waals surface area contributed by atoms with Crippen LogP contribution in [0.2, 0.25) is 0 Å². The van der Waals surface area contributed by atoms with Gasteiger partial charge in [0.25, 0.3) is 0 Å². The van der Waals surface area contributed by atoms with Gasteiger partial charge in [0.2, 0.25) is 17.0 Å². The highest BCUT2D eigenvalue weighted by Gasteiger charge is 2.29. The predicted molar refractivity (Wildman–Crippen MR) is 171 cm³/mol. The summed E-state index contributed by atoms with van der Waals surface area (Å²) in [5.74, 6) is 0.475. The molecule has 0 saturated carbocycles. The summed E-state index contributed by atoms with van der Waals surface area (Å²) in [5.41, 5.74) is 5.09. The zero-order valence-electron chi connectivity index (χ0n) is 25.7. The Kier molecular flexibility index (Phi) is 10.5. The van der Waals surface area contributed by atoms with Gasteiger partial charge in [-0.15, -0.1) is 10.2 Å². The highest BCUT2D eigenvalue weighted by atomic mass is 32.2. The number of aryl methyl sites for hydroxylation is 1. The molecule has 0 N–H and O–H groups in total. The van der Waals surface area contributed by atoms with Gasteiger partial charge in [-0.25, -0.2) is 4.98 Å². The lowest BCUT2D eigenvalue weighted by Crippen LogP contribution is -2.55. The molecule has 2 aromatic carbocycles. The first-order valence-electron chi connectivity index (χ1n) is 15.4. The van der Waals surface area contributed by atoms with Gasteiger partial charge in [0.15, 0.2) is 5.65 Å². The molecule has 2 aromatic heterocycles. The van der Waals surface area contributed by atoms with E-state index in [1.165, 1.54) is 11.1 Å². The van der Waals surface area contributed by atoms with Crippen molar-refractivity contribution >= 4 is 51.6 Å². The second-order valence-corrected chi connectivity index (χ2v) is 12.3. The summed E-state index contributed by atoms with van der Waals surface area (Å²) in [6.45, 7) is 8.29. The van der Waals surface area contributed by atoms with Crippen LogP contribution in [0.25, 0.3) is 22.1 Å². The van der Waals surface area contributed by atoms with Crippen LogP contribution in [0.1, 0.15) is 57.1 Å². The molecule has 10 nitrogen and oxygen atoms in total. The van der Waals surface area contributed by atoms with Gasteiger partial charge in [0, 0.05) is 56.2 Å². The lowest BCUT2D eigenvalue weighted by Gasteiger charge is -2.40. The van der Waals surface area contributed by atoms with Gasteiger partial charge in [-0.05, 0) is 51.3 Å². The minimum atomic E-state index is -0.356. The van der Waals surface area contributed by atoms with Crippen LogP contribution in [0.15, 0.2) is 53.7 Å². The highest BCUT2D eigenvalue weighted by Crippen LogP contribution is 2.29. The van der Waals surface area contributed by atoms with E-state index in [1.807, 2.05) is 30.0 Å². The third-order valence-electron chi connectivity index (χ3n) is 7.95. The van der Waals surface area contributed by atoms with E-state index in [-0.39, 0.29) is 36.7 Å². The molecule has 232 valence electrons. The first-order valence-corrected chi connectivity index (χ1v) is 16.4. The number of hydrogen-bond acceptors (Lipinski definition) is 8. The fourth-order valence-electron chi connectivity index (χ4n) is 5.68. The van der Waals surface area contributed by atoms with Crippen molar-refractivity contribution < 1.29 is 19.1 Å². The van der Waals surface area contributed by atoms with Gasteiger partial charge in [-0.3, -0.25) is 14.4 Å². The summed E-state index contributed by atoms with van der Waals surface area (Å²) in [6, 6.07) is 16.6. The predicted octanol–water partition coefficient (Wildman–Crippen LogP) is 5.00. The van der Waals surface area contributed by atoms with Crippen molar-refractivity contribution in [1.29, 1.82) is 0 Å². The van der Waals surface area contributed by atoms with Crippen LogP contribution >= 0.6 is 11.8 Å². The van der Waals surface area contributed by atoms with Crippen molar-refractivity contribution in [3.63, 3.8) is 0 Å². The summed E-state index contributed by atoms with van der Waals surface area (Å²) in [4.78, 5) is 45.6. The van der Waals surface area contributed by atoms with Crippen LogP contribution in [0.3, 0.4) is 0 Å². The number of unbranched alkanes of at least 4 members (excludes halogenated alkanes) is 1. The molecule has 1 unspecified atom stereocenters. The fraction of sp³-hybridized carbons (Fsp3) is 0.455. The molecule has 1 atom stereocenters. The Balaban J connectivity index is 1.12. The molecule has 0 aliphatic carbocycles. The third-order valence-corrected chi connectivity index (χ3v) is 8.87. The van der Waals surface area contributed by atoms with E-state index in [0.29, 0.717) is 44.4 Å². The zero-order valence-corrected chi connectivity index (χ0v) is 26.5. The number of thioether (sulfide) groups is 1. The maximum absolute atomic E-state index is 12.9. The number of esters is 1. The standard InChI is InChI=1S/C33H40N6O4S/c1-4-43-30(42)16-15-29(41)38-18-17-37(21-24(38)3)28(40)12-8-9-19-44-33-34-32-31(35-36-33)26-20-23(2)13-14-27(26)39(32)22-25-10-6-5-7-11-25/h5-7,10-11,13-14,20,24H,4,8-9,12,15-19,21-22H2,1-3H3. The molecule has 1 aliphatic heterocycles. The first-order chi connectivity index (χ1) is 21.3. The normalized spacial score (nSPS) is 15.2. The lowest BCUT2D eigenvalue weighted by molar-refractivity contribution is -0.147. The van der Waals surface area contributed by atoms with Gasteiger partial charge in [0.05, 0.1) is 18.5 Å². The molecule has 3 heterocycles. The van der Waals surface area contributed by atoms with E-state index in [9.17, 15) is 14.4 Å². The molecule has 4 aromatic rings. The van der Waals surface area contributed by atoms with Gasteiger partial charge >= 0.3 is 5.97 Å². The third kappa shape index (κ3) is 7.56. The minimum Gasteiger partial charge on any atom is -0.466 e. The molecule has 5 rings (SSSR count). The average Bonchev–Trinajstić information content (AvgIpc) is 3.31. The molecular weight excluding hydrogens is 576 g/mol. The Morgan fingerprint density at radius 3 is 2.57 bits per heavy atom. The number of aromatic nitrogens is 4. The Bertz CT molecular complexity index is 1630. The Hall–Kier alpha value is -3.99. The molecular formula is C33H40N6O4S. The maximum Gasteiger partial charge on any atom is 0.306 e. The van der Waals surface area contributed by atoms with Crippen molar-refractivity contribution in [2.45, 2.75) is 70.6 Å². The summed E-state index contributed by atoms with van der Waals surface area (Å²) in [6.07, 6.45) is 2.30. The van der Waals surface area contributed by atoms with Crippen LogP contribution in [0.5, 0.6) is 0 Å². The van der Waals surface area contributed by atoms with Gasteiger partial charge in [-0.1, -0.05) is 53.7 Å². The van der Waals surface area contributed by atoms with Crippen LogP contribution in [-0.2, 0) is 25.7 Å². The molecule has 44 heavy (non-hydrogen) atoms. The van der Waals surface area contributed by atoms with Gasteiger partial charge in [-0.2, -0.15) is 0 Å². The second-order valence-electron chi connectivity index (χ2n) is 11.2. The van der Waals surface area contributed by atoms with Crippen molar-refractivity contribution in [3.8, 4) is 0 Å². The molecule has 1 aliphatic rings. The number of hydrogen-bond donors (Lipinski definition) is 0. The maximum atomic E-state index is 12.9. The van der Waals surface area contributed by atoms with Crippen LogP contribution in [0.4, 0.5) is 0 Å². The fourth-order valence-corrected chi connectivity index (χ4v) is 6.46. The van der Waals surface area contributed by atoms with Gasteiger partial charge in [0.1, 0.15) is 5.52 Å². The molecule has 1 fully saturated rings. The number of nitrogens with zero attached hydrogens (tertiary/aromatic N) is 6. The Morgan fingerprint density at radius 2 is 1.80 bits per heavy atom. The lowest BCUT2D eigenvalue weighted by atomic mass is 10.1. The summed E-state index contributed by atoms with van der Waals surface area (Å²) >= 11 is 1.56. The Morgan fingerprint density at radius 1 is 0.977 bits per heavy atom. The van der Waals surface area contributed by atoms with Crippen LogP contribution in [-0.4, -0.2) is 85.4 Å². The SMILES string of the molecule is CCOC(=O)CCC(=O)N1CCN(C(=O)CCCCSc2nnc3c4cc(C)ccc4n(Cc4ccccc4)c3n2)CC1C. The number of benzene rings is 2. The summed E-state index contributed by atoms with van der Waals surface area (Å²) < 4.78 is 7.13. The number of fused-ring (bicyclic) bond motifs is 3. The van der Waals surface area contributed by atoms with Crippen molar-refractivity contribution in [1.82, 2.24) is 29.5 Å². The highest BCUT2D eigenvalue weighted by molar-refractivity contribution is 7.99.